The van der Waals surface area contributed by atoms with Crippen molar-refractivity contribution in [3.63, 3.8) is 0 Å². The average molecular weight is 363 g/mol. The first kappa shape index (κ1) is 17.4. The molecule has 1 aromatic heterocycles. The van der Waals surface area contributed by atoms with Gasteiger partial charge in [0.1, 0.15) is 0 Å². The van der Waals surface area contributed by atoms with Gasteiger partial charge in [0.15, 0.2) is 5.69 Å². The quantitative estimate of drug-likeness (QED) is 0.897. The fraction of sp³-hybridized carbons (Fsp3) is 0.789. The topological polar surface area (TPSA) is 50.2 Å². The lowest BCUT2D eigenvalue weighted by atomic mass is 9.88. The maximum absolute atomic E-state index is 13.0. The molecule has 0 aromatic carbocycles. The van der Waals surface area contributed by atoms with Gasteiger partial charge in [-0.15, -0.1) is 0 Å². The maximum atomic E-state index is 13.0. The molecule has 1 atom stereocenters. The summed E-state index contributed by atoms with van der Waals surface area (Å²) in [6.07, 6.45) is 9.90. The number of hydrogen-bond acceptors (Lipinski definition) is 4. The maximum Gasteiger partial charge on any atom is 0.274 e. The fourth-order valence-electron chi connectivity index (χ4n) is 4.62. The van der Waals surface area contributed by atoms with E-state index in [1.54, 1.807) is 0 Å². The van der Waals surface area contributed by atoms with Crippen LogP contribution in [0.3, 0.4) is 0 Å². The summed E-state index contributed by atoms with van der Waals surface area (Å²) in [5.41, 5.74) is 3.21. The van der Waals surface area contributed by atoms with Gasteiger partial charge in [-0.25, -0.2) is 0 Å². The van der Waals surface area contributed by atoms with Crippen molar-refractivity contribution in [3.8, 4) is 0 Å². The molecule has 6 heteroatoms. The molecule has 1 aromatic rings. The summed E-state index contributed by atoms with van der Waals surface area (Å²) < 4.78 is 1.96. The van der Waals surface area contributed by atoms with Crippen LogP contribution in [0.15, 0.2) is 0 Å². The van der Waals surface area contributed by atoms with E-state index < -0.39 is 0 Å². The predicted octanol–water partition coefficient (Wildman–Crippen LogP) is 2.39. The summed E-state index contributed by atoms with van der Waals surface area (Å²) in [5, 5.41) is 8.53. The highest BCUT2D eigenvalue weighted by Gasteiger charge is 2.31. The molecule has 0 spiro atoms. The van der Waals surface area contributed by atoms with Crippen molar-refractivity contribution in [2.75, 3.05) is 24.6 Å². The third-order valence-electron chi connectivity index (χ3n) is 6.03. The summed E-state index contributed by atoms with van der Waals surface area (Å²) in [6.45, 7) is 1.72. The molecule has 2 fully saturated rings. The zero-order chi connectivity index (χ0) is 17.2. The van der Waals surface area contributed by atoms with Gasteiger partial charge in [0.25, 0.3) is 5.91 Å². The van der Waals surface area contributed by atoms with Crippen LogP contribution in [0.25, 0.3) is 0 Å². The monoisotopic (exact) mass is 362 g/mol. The largest absolute Gasteiger partial charge is 0.336 e. The molecule has 0 radical (unpaired) electrons. The Kier molecular flexibility index (Phi) is 5.36. The van der Waals surface area contributed by atoms with Gasteiger partial charge in [0.2, 0.25) is 0 Å². The Morgan fingerprint density at radius 3 is 2.64 bits per heavy atom. The lowest BCUT2D eigenvalue weighted by Crippen LogP contribution is -2.43. The standard InChI is InChI=1S/C19H30N4OS/c1-22-17-8-7-15(20-14-5-3-2-4-6-14)13-16(17)18(21-22)19(24)23-9-11-25-12-10-23/h14-15,20H,2-13H2,1H3. The highest BCUT2D eigenvalue weighted by atomic mass is 32.2. The number of carbonyl (C=O) groups excluding carboxylic acids is 1. The average Bonchev–Trinajstić information content (AvgIpc) is 2.99. The molecule has 5 nitrogen and oxygen atoms in total. The minimum atomic E-state index is 0.149. The van der Waals surface area contributed by atoms with Gasteiger partial charge in [0.05, 0.1) is 0 Å². The van der Waals surface area contributed by atoms with E-state index in [9.17, 15) is 4.79 Å². The smallest absolute Gasteiger partial charge is 0.274 e. The SMILES string of the molecule is Cn1nc(C(=O)N2CCSCC2)c2c1CCC(NC1CCCCC1)C2. The number of nitrogens with zero attached hydrogens (tertiary/aromatic N) is 3. The Bertz CT molecular complexity index is 617. The molecule has 1 saturated carbocycles. The van der Waals surface area contributed by atoms with Crippen molar-refractivity contribution >= 4 is 17.7 Å². The third kappa shape index (κ3) is 3.75. The molecule has 1 aliphatic heterocycles. The van der Waals surface area contributed by atoms with E-state index in [0.717, 1.165) is 49.6 Å². The van der Waals surface area contributed by atoms with Crippen molar-refractivity contribution in [2.24, 2.45) is 7.05 Å². The van der Waals surface area contributed by atoms with Crippen LogP contribution in [0.1, 0.15) is 60.3 Å². The first-order valence-electron chi connectivity index (χ1n) is 9.90. The first-order chi connectivity index (χ1) is 12.2. The van der Waals surface area contributed by atoms with E-state index in [4.69, 9.17) is 0 Å². The van der Waals surface area contributed by atoms with Gasteiger partial charge in [-0.2, -0.15) is 16.9 Å². The summed E-state index contributed by atoms with van der Waals surface area (Å²) in [7, 11) is 2.00. The van der Waals surface area contributed by atoms with Gasteiger partial charge < -0.3 is 10.2 Å². The van der Waals surface area contributed by atoms with Crippen molar-refractivity contribution in [3.05, 3.63) is 17.0 Å². The van der Waals surface area contributed by atoms with Gasteiger partial charge in [-0.05, 0) is 32.1 Å². The van der Waals surface area contributed by atoms with Gasteiger partial charge in [-0.1, -0.05) is 19.3 Å². The number of aromatic nitrogens is 2. The minimum Gasteiger partial charge on any atom is -0.336 e. The second-order valence-electron chi connectivity index (χ2n) is 7.74. The number of fused-ring (bicyclic) bond motifs is 1. The van der Waals surface area contributed by atoms with Crippen molar-refractivity contribution in [2.45, 2.75) is 63.5 Å². The molecular weight excluding hydrogens is 332 g/mol. The van der Waals surface area contributed by atoms with Crippen LogP contribution in [0.5, 0.6) is 0 Å². The van der Waals surface area contributed by atoms with Crippen molar-refractivity contribution in [1.82, 2.24) is 20.0 Å². The highest BCUT2D eigenvalue weighted by molar-refractivity contribution is 7.99. The second kappa shape index (κ2) is 7.70. The number of carbonyl (C=O) groups is 1. The number of aryl methyl sites for hydroxylation is 1. The van der Waals surface area contributed by atoms with Crippen LogP contribution >= 0.6 is 11.8 Å². The van der Waals surface area contributed by atoms with E-state index in [1.807, 2.05) is 28.4 Å². The predicted molar refractivity (Wildman–Crippen MR) is 102 cm³/mol. The van der Waals surface area contributed by atoms with Crippen LogP contribution in [0.2, 0.25) is 0 Å². The Morgan fingerprint density at radius 1 is 1.12 bits per heavy atom. The Balaban J connectivity index is 1.49. The molecule has 1 amide bonds. The van der Waals surface area contributed by atoms with Crippen LogP contribution in [-0.2, 0) is 19.9 Å². The Labute approximate surface area is 154 Å². The van der Waals surface area contributed by atoms with Gasteiger partial charge >= 0.3 is 0 Å². The van der Waals surface area contributed by atoms with Gasteiger partial charge in [0, 0.05) is 55.0 Å². The van der Waals surface area contributed by atoms with Crippen molar-refractivity contribution < 1.29 is 4.79 Å². The number of thioether (sulfide) groups is 1. The molecule has 2 heterocycles. The molecule has 0 bridgehead atoms. The first-order valence-corrected chi connectivity index (χ1v) is 11.1. The van der Waals surface area contributed by atoms with E-state index in [0.29, 0.717) is 12.1 Å². The highest BCUT2D eigenvalue weighted by Crippen LogP contribution is 2.27. The molecular formula is C19H30N4OS. The van der Waals surface area contributed by atoms with Crippen LogP contribution < -0.4 is 5.32 Å². The molecule has 1 N–H and O–H groups in total. The van der Waals surface area contributed by atoms with Crippen LogP contribution in [-0.4, -0.2) is 57.3 Å². The van der Waals surface area contributed by atoms with Crippen LogP contribution in [0, 0.1) is 0 Å². The lowest BCUT2D eigenvalue weighted by molar-refractivity contribution is 0.0764. The lowest BCUT2D eigenvalue weighted by Gasteiger charge is -2.31. The number of rotatable bonds is 3. The minimum absolute atomic E-state index is 0.149. The van der Waals surface area contributed by atoms with E-state index in [-0.39, 0.29) is 5.91 Å². The summed E-state index contributed by atoms with van der Waals surface area (Å²) in [5.74, 6) is 2.25. The molecule has 4 rings (SSSR count). The third-order valence-corrected chi connectivity index (χ3v) is 6.97. The summed E-state index contributed by atoms with van der Waals surface area (Å²) in [6, 6.07) is 1.18. The number of nitrogens with one attached hydrogen (secondary N) is 1. The normalized spacial score (nSPS) is 25.0. The van der Waals surface area contributed by atoms with Gasteiger partial charge in [-0.3, -0.25) is 9.48 Å². The fourth-order valence-corrected chi connectivity index (χ4v) is 5.53. The van der Waals surface area contributed by atoms with E-state index >= 15 is 0 Å². The number of hydrogen-bond donors (Lipinski definition) is 1. The zero-order valence-corrected chi connectivity index (χ0v) is 16.1. The molecule has 2 aliphatic carbocycles. The molecule has 138 valence electrons. The molecule has 25 heavy (non-hydrogen) atoms. The van der Waals surface area contributed by atoms with Crippen LogP contribution in [0.4, 0.5) is 0 Å². The Morgan fingerprint density at radius 2 is 1.88 bits per heavy atom. The number of amides is 1. The van der Waals surface area contributed by atoms with Crippen molar-refractivity contribution in [1.29, 1.82) is 0 Å². The zero-order valence-electron chi connectivity index (χ0n) is 15.3. The molecule has 1 saturated heterocycles. The van der Waals surface area contributed by atoms with E-state index in [2.05, 4.69) is 10.4 Å². The Hall–Kier alpha value is -1.01. The molecule has 1 unspecified atom stereocenters. The summed E-state index contributed by atoms with van der Waals surface area (Å²) >= 11 is 1.94. The second-order valence-corrected chi connectivity index (χ2v) is 8.97. The van der Waals surface area contributed by atoms with E-state index in [1.165, 1.54) is 43.4 Å². The molecule has 3 aliphatic rings. The summed E-state index contributed by atoms with van der Waals surface area (Å²) in [4.78, 5) is 15.0.